The highest BCUT2D eigenvalue weighted by Gasteiger charge is 2.37. The van der Waals surface area contributed by atoms with E-state index in [1.54, 1.807) is 30.1 Å². The third kappa shape index (κ3) is 7.03. The lowest BCUT2D eigenvalue weighted by Crippen LogP contribution is -2.41. The fourth-order valence-corrected chi connectivity index (χ4v) is 6.04. The monoisotopic (exact) mass is 647 g/mol. The van der Waals surface area contributed by atoms with Crippen LogP contribution in [0.2, 0.25) is 18.1 Å². The van der Waals surface area contributed by atoms with Gasteiger partial charge in [0.2, 0.25) is 0 Å². The van der Waals surface area contributed by atoms with E-state index in [-0.39, 0.29) is 29.5 Å². The van der Waals surface area contributed by atoms with E-state index in [0.717, 1.165) is 24.1 Å². The van der Waals surface area contributed by atoms with Crippen molar-refractivity contribution in [1.29, 1.82) is 5.26 Å². The first-order chi connectivity index (χ1) is 21.9. The number of rotatable bonds is 12. The summed E-state index contributed by atoms with van der Waals surface area (Å²) in [6.07, 6.45) is 6.93. The molecule has 46 heavy (non-hydrogen) atoms. The molecule has 4 aromatic rings. The predicted octanol–water partition coefficient (Wildman–Crippen LogP) is 6.96. The first kappa shape index (κ1) is 33.0. The van der Waals surface area contributed by atoms with Gasteiger partial charge in [0.25, 0.3) is 0 Å². The maximum Gasteiger partial charge on any atom is 0.192 e. The molecule has 3 heterocycles. The van der Waals surface area contributed by atoms with Crippen molar-refractivity contribution in [3.05, 3.63) is 70.8 Å². The van der Waals surface area contributed by atoms with Gasteiger partial charge in [0.1, 0.15) is 35.8 Å². The third-order valence-corrected chi connectivity index (χ3v) is 13.1. The molecule has 10 nitrogen and oxygen atoms in total. The molecule has 0 spiro atoms. The van der Waals surface area contributed by atoms with Gasteiger partial charge in [0.05, 0.1) is 37.2 Å². The number of pyridine rings is 1. The smallest absolute Gasteiger partial charge is 0.192 e. The number of fused-ring (bicyclic) bond motifs is 1. The van der Waals surface area contributed by atoms with Crippen LogP contribution in [0.5, 0.6) is 11.5 Å². The van der Waals surface area contributed by atoms with Crippen LogP contribution in [0.1, 0.15) is 56.5 Å². The first-order valence-corrected chi connectivity index (χ1v) is 18.3. The molecule has 0 saturated carbocycles. The van der Waals surface area contributed by atoms with Crippen LogP contribution in [0.3, 0.4) is 0 Å². The molecular formula is C33H39F2N7O3Si. The van der Waals surface area contributed by atoms with Crippen molar-refractivity contribution in [2.24, 2.45) is 0 Å². The minimum Gasteiger partial charge on any atom is -0.494 e. The topological polar surface area (TPSA) is 120 Å². The Balaban J connectivity index is 1.46. The molecule has 5 rings (SSSR count). The quantitative estimate of drug-likeness (QED) is 0.128. The second-order valence-electron chi connectivity index (χ2n) is 12.6. The zero-order valence-corrected chi connectivity index (χ0v) is 28.1. The number of ether oxygens (including phenoxy) is 2. The second kappa shape index (κ2) is 13.5. The average Bonchev–Trinajstić information content (AvgIpc) is 3.61. The van der Waals surface area contributed by atoms with Crippen LogP contribution in [0.25, 0.3) is 11.5 Å². The Bertz CT molecular complexity index is 1740. The van der Waals surface area contributed by atoms with Gasteiger partial charge in [-0.1, -0.05) is 20.8 Å². The maximum atomic E-state index is 15.0. The van der Waals surface area contributed by atoms with E-state index in [9.17, 15) is 14.0 Å². The molecule has 3 aromatic heterocycles. The van der Waals surface area contributed by atoms with E-state index >= 15 is 0 Å². The van der Waals surface area contributed by atoms with Gasteiger partial charge in [0, 0.05) is 41.3 Å². The lowest BCUT2D eigenvalue weighted by molar-refractivity contribution is 0.203. The highest BCUT2D eigenvalue weighted by Crippen LogP contribution is 2.37. The van der Waals surface area contributed by atoms with Crippen molar-refractivity contribution in [1.82, 2.24) is 24.7 Å². The molecule has 1 aromatic carbocycles. The van der Waals surface area contributed by atoms with E-state index in [4.69, 9.17) is 24.0 Å². The van der Waals surface area contributed by atoms with E-state index < -0.39 is 20.0 Å². The SMILES string of the molecule is CCOc1cc(F)c(Cn2nc(-c3ncc(OCCO[Si](C)(C)C(C)(C)C)c(Nc4ccncc4C#N)n3)c3c2CCC3)c(F)c1. The summed E-state index contributed by atoms with van der Waals surface area (Å²) in [4.78, 5) is 13.4. The summed E-state index contributed by atoms with van der Waals surface area (Å²) < 4.78 is 49.2. The Kier molecular flexibility index (Phi) is 9.69. The minimum absolute atomic E-state index is 0.0631. The molecule has 1 aliphatic rings. The van der Waals surface area contributed by atoms with E-state index in [2.05, 4.69) is 55.2 Å². The van der Waals surface area contributed by atoms with Crippen molar-refractivity contribution in [2.45, 2.75) is 71.6 Å². The molecule has 0 aliphatic heterocycles. The molecule has 0 atom stereocenters. The lowest BCUT2D eigenvalue weighted by atomic mass is 10.1. The number of nitriles is 1. The molecule has 242 valence electrons. The minimum atomic E-state index is -1.97. The van der Waals surface area contributed by atoms with Gasteiger partial charge in [-0.05, 0) is 50.4 Å². The Labute approximate surface area is 268 Å². The summed E-state index contributed by atoms with van der Waals surface area (Å²) in [5, 5.41) is 17.7. The molecule has 0 amide bonds. The summed E-state index contributed by atoms with van der Waals surface area (Å²) in [5.74, 6) is -0.213. The highest BCUT2D eigenvalue weighted by molar-refractivity contribution is 6.74. The lowest BCUT2D eigenvalue weighted by Gasteiger charge is -2.36. The Morgan fingerprint density at radius 2 is 1.85 bits per heavy atom. The second-order valence-corrected chi connectivity index (χ2v) is 17.4. The van der Waals surface area contributed by atoms with Crippen LogP contribution in [0.15, 0.2) is 36.8 Å². The van der Waals surface area contributed by atoms with Gasteiger partial charge in [-0.25, -0.2) is 18.7 Å². The molecule has 0 fully saturated rings. The van der Waals surface area contributed by atoms with Gasteiger partial charge in [-0.3, -0.25) is 9.67 Å². The number of aromatic nitrogens is 5. The standard InChI is InChI=1S/C33H39F2N7O3Si/c1-7-43-22-15-25(34)24(26(35)16-22)20-42-28-10-8-9-23(28)30(41-42)32-38-19-29(44-13-14-45-46(5,6)33(2,3)4)31(40-32)39-27-11-12-37-18-21(27)17-36/h11-12,15-16,18-19H,7-10,13-14,20H2,1-6H3,(H,37,38,39,40). The van der Waals surface area contributed by atoms with Crippen LogP contribution in [0.4, 0.5) is 20.3 Å². The van der Waals surface area contributed by atoms with Crippen LogP contribution in [-0.4, -0.2) is 52.9 Å². The molecule has 1 N–H and O–H groups in total. The van der Waals surface area contributed by atoms with Crippen molar-refractivity contribution in [3.8, 4) is 29.1 Å². The van der Waals surface area contributed by atoms with Gasteiger partial charge in [0.15, 0.2) is 25.7 Å². The molecule has 1 aliphatic carbocycles. The number of hydrogen-bond donors (Lipinski definition) is 1. The zero-order chi connectivity index (χ0) is 33.1. The molecule has 13 heteroatoms. The number of nitrogens with one attached hydrogen (secondary N) is 1. The number of benzene rings is 1. The van der Waals surface area contributed by atoms with Crippen molar-refractivity contribution in [2.75, 3.05) is 25.1 Å². The zero-order valence-electron chi connectivity index (χ0n) is 27.1. The van der Waals surface area contributed by atoms with Crippen LogP contribution < -0.4 is 14.8 Å². The van der Waals surface area contributed by atoms with E-state index in [1.807, 2.05) is 0 Å². The van der Waals surface area contributed by atoms with Crippen LogP contribution >= 0.6 is 0 Å². The average molecular weight is 648 g/mol. The molecule has 0 unspecified atom stereocenters. The maximum absolute atomic E-state index is 15.0. The van der Waals surface area contributed by atoms with E-state index in [0.29, 0.717) is 54.0 Å². The van der Waals surface area contributed by atoms with Crippen molar-refractivity contribution < 1.29 is 22.7 Å². The molecule has 0 saturated heterocycles. The number of hydrogen-bond acceptors (Lipinski definition) is 9. The number of anilines is 2. The number of nitrogens with zero attached hydrogens (tertiary/aromatic N) is 6. The fraction of sp³-hybridized carbons (Fsp3) is 0.424. The molecule has 0 radical (unpaired) electrons. The van der Waals surface area contributed by atoms with E-state index in [1.165, 1.54) is 18.3 Å². The Morgan fingerprint density at radius 1 is 1.09 bits per heavy atom. The fourth-order valence-electron chi connectivity index (χ4n) is 5.02. The Morgan fingerprint density at radius 3 is 2.54 bits per heavy atom. The molecular weight excluding hydrogens is 608 g/mol. The van der Waals surface area contributed by atoms with Gasteiger partial charge in [-0.2, -0.15) is 10.4 Å². The summed E-state index contributed by atoms with van der Waals surface area (Å²) >= 11 is 0. The predicted molar refractivity (Wildman–Crippen MR) is 173 cm³/mol. The van der Waals surface area contributed by atoms with Gasteiger partial charge in [-0.15, -0.1) is 0 Å². The summed E-state index contributed by atoms with van der Waals surface area (Å²) in [5.41, 5.74) is 3.10. The molecule has 0 bridgehead atoms. The number of halogens is 2. The van der Waals surface area contributed by atoms with Gasteiger partial charge >= 0.3 is 0 Å². The van der Waals surface area contributed by atoms with Crippen LogP contribution in [-0.2, 0) is 23.8 Å². The summed E-state index contributed by atoms with van der Waals surface area (Å²) in [6.45, 7) is 13.5. The summed E-state index contributed by atoms with van der Waals surface area (Å²) in [7, 11) is -1.97. The van der Waals surface area contributed by atoms with Gasteiger partial charge < -0.3 is 19.2 Å². The third-order valence-electron chi connectivity index (χ3n) is 8.51. The Hall–Kier alpha value is -4.41. The van der Waals surface area contributed by atoms with Crippen molar-refractivity contribution in [3.63, 3.8) is 0 Å². The normalized spacial score (nSPS) is 12.9. The largest absolute Gasteiger partial charge is 0.494 e. The first-order valence-electron chi connectivity index (χ1n) is 15.4. The van der Waals surface area contributed by atoms with Crippen molar-refractivity contribution >= 4 is 19.8 Å². The van der Waals surface area contributed by atoms with Crippen LogP contribution in [0, 0.1) is 23.0 Å². The highest BCUT2D eigenvalue weighted by atomic mass is 28.4. The summed E-state index contributed by atoms with van der Waals surface area (Å²) in [6, 6.07) is 6.20.